The third-order valence-corrected chi connectivity index (χ3v) is 5.11. The fourth-order valence-electron chi connectivity index (χ4n) is 3.55. The Balaban J connectivity index is 1.48. The SMILES string of the molecule is C#C[C@H]1CN2CC[C@H]1C[C@@H]2CNC(=S)Nc1ccc(C#N)cc1. The lowest BCUT2D eigenvalue weighted by Crippen LogP contribution is -2.56. The molecule has 2 N–H and O–H groups in total. The normalized spacial score (nSPS) is 28.4. The van der Waals surface area contributed by atoms with Gasteiger partial charge >= 0.3 is 0 Å². The summed E-state index contributed by atoms with van der Waals surface area (Å²) in [6.45, 7) is 3.00. The van der Waals surface area contributed by atoms with Crippen LogP contribution in [-0.4, -0.2) is 35.7 Å². The molecule has 0 saturated carbocycles. The maximum absolute atomic E-state index is 8.80. The van der Waals surface area contributed by atoms with Gasteiger partial charge in [0.15, 0.2) is 5.11 Å². The molecular formula is C18H20N4S. The first-order valence-corrected chi connectivity index (χ1v) is 8.35. The second kappa shape index (κ2) is 7.00. The summed E-state index contributed by atoms with van der Waals surface area (Å²) < 4.78 is 0. The van der Waals surface area contributed by atoms with E-state index >= 15 is 0 Å². The molecule has 4 nitrogen and oxygen atoms in total. The number of terminal acetylenes is 1. The van der Waals surface area contributed by atoms with Gasteiger partial charge in [-0.1, -0.05) is 0 Å². The molecule has 3 aliphatic heterocycles. The molecule has 23 heavy (non-hydrogen) atoms. The number of anilines is 1. The Morgan fingerprint density at radius 1 is 1.39 bits per heavy atom. The Bertz CT molecular complexity index is 655. The molecule has 3 aliphatic rings. The number of hydrogen-bond acceptors (Lipinski definition) is 3. The highest BCUT2D eigenvalue weighted by molar-refractivity contribution is 7.80. The highest BCUT2D eigenvalue weighted by atomic mass is 32.1. The van der Waals surface area contributed by atoms with Crippen LogP contribution >= 0.6 is 12.2 Å². The fraction of sp³-hybridized carbons (Fsp3) is 0.444. The largest absolute Gasteiger partial charge is 0.361 e. The smallest absolute Gasteiger partial charge is 0.170 e. The first kappa shape index (κ1) is 15.8. The minimum absolute atomic E-state index is 0.420. The summed E-state index contributed by atoms with van der Waals surface area (Å²) >= 11 is 5.36. The van der Waals surface area contributed by atoms with Crippen molar-refractivity contribution < 1.29 is 0 Å². The molecule has 2 bridgehead atoms. The van der Waals surface area contributed by atoms with Crippen LogP contribution in [0.25, 0.3) is 0 Å². The molecule has 4 atom stereocenters. The van der Waals surface area contributed by atoms with Crippen LogP contribution in [0.1, 0.15) is 18.4 Å². The molecule has 0 aliphatic carbocycles. The van der Waals surface area contributed by atoms with E-state index in [0.29, 0.717) is 28.6 Å². The standard InChI is InChI=1S/C18H20N4S/c1-2-14-12-22-8-7-15(14)9-17(22)11-20-18(23)21-16-5-3-13(10-19)4-6-16/h1,3-6,14-15,17H,7-9,11-12H2,(H2,20,21,23)/t14-,15-,17+/m0/s1. The van der Waals surface area contributed by atoms with Crippen LogP contribution < -0.4 is 10.6 Å². The molecule has 0 amide bonds. The lowest BCUT2D eigenvalue weighted by atomic mass is 9.76. The first-order valence-electron chi connectivity index (χ1n) is 7.95. The third-order valence-electron chi connectivity index (χ3n) is 4.86. The predicted octanol–water partition coefficient (Wildman–Crippen LogP) is 2.19. The quantitative estimate of drug-likeness (QED) is 0.659. The second-order valence-electron chi connectivity index (χ2n) is 6.23. The molecule has 1 unspecified atom stereocenters. The Hall–Kier alpha value is -2.08. The topological polar surface area (TPSA) is 51.1 Å². The number of rotatable bonds is 3. The highest BCUT2D eigenvalue weighted by Gasteiger charge is 2.38. The van der Waals surface area contributed by atoms with E-state index < -0.39 is 0 Å². The van der Waals surface area contributed by atoms with Crippen molar-refractivity contribution in [2.75, 3.05) is 25.0 Å². The number of hydrogen-bond donors (Lipinski definition) is 2. The van der Waals surface area contributed by atoms with Gasteiger partial charge in [0.1, 0.15) is 0 Å². The Morgan fingerprint density at radius 2 is 2.17 bits per heavy atom. The molecule has 1 aromatic rings. The third kappa shape index (κ3) is 3.64. The number of fused-ring (bicyclic) bond motifs is 3. The average Bonchev–Trinajstić information content (AvgIpc) is 2.61. The van der Waals surface area contributed by atoms with Gasteiger partial charge in [0, 0.05) is 30.7 Å². The van der Waals surface area contributed by atoms with Crippen LogP contribution in [0.2, 0.25) is 0 Å². The van der Waals surface area contributed by atoms with Gasteiger partial charge in [-0.15, -0.1) is 12.3 Å². The number of piperidine rings is 3. The van der Waals surface area contributed by atoms with E-state index in [0.717, 1.165) is 31.7 Å². The zero-order valence-corrected chi connectivity index (χ0v) is 13.8. The summed E-state index contributed by atoms with van der Waals surface area (Å²) in [7, 11) is 0. The van der Waals surface area contributed by atoms with E-state index in [1.165, 1.54) is 6.42 Å². The van der Waals surface area contributed by atoms with Crippen molar-refractivity contribution in [2.24, 2.45) is 11.8 Å². The Labute approximate surface area is 142 Å². The number of nitriles is 1. The van der Waals surface area contributed by atoms with E-state index in [-0.39, 0.29) is 0 Å². The number of nitrogens with zero attached hydrogens (tertiary/aromatic N) is 2. The lowest BCUT2D eigenvalue weighted by Gasteiger charge is -2.48. The minimum atomic E-state index is 0.420. The van der Waals surface area contributed by atoms with E-state index in [2.05, 4.69) is 27.5 Å². The van der Waals surface area contributed by atoms with Crippen LogP contribution in [0.5, 0.6) is 0 Å². The van der Waals surface area contributed by atoms with Crippen LogP contribution in [0.15, 0.2) is 24.3 Å². The Kier molecular flexibility index (Phi) is 4.81. The van der Waals surface area contributed by atoms with Crippen LogP contribution in [-0.2, 0) is 0 Å². The van der Waals surface area contributed by atoms with Crippen molar-refractivity contribution >= 4 is 23.0 Å². The van der Waals surface area contributed by atoms with Crippen LogP contribution in [0.4, 0.5) is 5.69 Å². The van der Waals surface area contributed by atoms with E-state index in [9.17, 15) is 0 Å². The van der Waals surface area contributed by atoms with Gasteiger partial charge in [-0.05, 0) is 61.8 Å². The van der Waals surface area contributed by atoms with Gasteiger partial charge in [-0.25, -0.2) is 0 Å². The summed E-state index contributed by atoms with van der Waals surface area (Å²) in [5, 5.41) is 15.9. The van der Waals surface area contributed by atoms with E-state index in [1.807, 2.05) is 12.1 Å². The number of benzene rings is 1. The molecule has 1 aromatic carbocycles. The van der Waals surface area contributed by atoms with Gasteiger partial charge in [0.2, 0.25) is 0 Å². The first-order chi connectivity index (χ1) is 11.2. The molecule has 0 spiro atoms. The van der Waals surface area contributed by atoms with Crippen molar-refractivity contribution in [3.63, 3.8) is 0 Å². The molecule has 0 radical (unpaired) electrons. The van der Waals surface area contributed by atoms with Gasteiger partial charge in [-0.3, -0.25) is 4.90 Å². The minimum Gasteiger partial charge on any atom is -0.361 e. The molecule has 3 fully saturated rings. The van der Waals surface area contributed by atoms with Gasteiger partial charge < -0.3 is 10.6 Å². The molecule has 0 aromatic heterocycles. The summed E-state index contributed by atoms with van der Waals surface area (Å²) in [5.74, 6) is 4.02. The van der Waals surface area contributed by atoms with E-state index in [4.69, 9.17) is 23.9 Å². The van der Waals surface area contributed by atoms with Crippen molar-refractivity contribution in [3.05, 3.63) is 29.8 Å². The van der Waals surface area contributed by atoms with Crippen molar-refractivity contribution in [2.45, 2.75) is 18.9 Å². The van der Waals surface area contributed by atoms with Crippen molar-refractivity contribution in [1.29, 1.82) is 5.26 Å². The summed E-state index contributed by atoms with van der Waals surface area (Å²) in [5.41, 5.74) is 1.53. The maximum atomic E-state index is 8.80. The van der Waals surface area contributed by atoms with Crippen LogP contribution in [0, 0.1) is 35.5 Å². The van der Waals surface area contributed by atoms with Crippen LogP contribution in [0.3, 0.4) is 0 Å². The van der Waals surface area contributed by atoms with Crippen molar-refractivity contribution in [3.8, 4) is 18.4 Å². The summed E-state index contributed by atoms with van der Waals surface area (Å²) in [4.78, 5) is 2.49. The fourth-order valence-corrected chi connectivity index (χ4v) is 3.75. The zero-order valence-electron chi connectivity index (χ0n) is 13.0. The average molecular weight is 324 g/mol. The highest BCUT2D eigenvalue weighted by Crippen LogP contribution is 2.35. The molecule has 3 heterocycles. The Morgan fingerprint density at radius 3 is 2.78 bits per heavy atom. The van der Waals surface area contributed by atoms with E-state index in [1.54, 1.807) is 12.1 Å². The number of nitrogens with one attached hydrogen (secondary N) is 2. The molecule has 4 rings (SSSR count). The monoisotopic (exact) mass is 324 g/mol. The zero-order chi connectivity index (χ0) is 16.2. The van der Waals surface area contributed by atoms with Gasteiger partial charge in [-0.2, -0.15) is 5.26 Å². The number of thiocarbonyl (C=S) groups is 1. The molecule has 3 saturated heterocycles. The second-order valence-corrected chi connectivity index (χ2v) is 6.64. The predicted molar refractivity (Wildman–Crippen MR) is 95.8 cm³/mol. The lowest BCUT2D eigenvalue weighted by molar-refractivity contribution is 0.0248. The van der Waals surface area contributed by atoms with Gasteiger partial charge in [0.05, 0.1) is 11.6 Å². The van der Waals surface area contributed by atoms with Crippen molar-refractivity contribution in [1.82, 2.24) is 10.2 Å². The van der Waals surface area contributed by atoms with Gasteiger partial charge in [0.25, 0.3) is 0 Å². The maximum Gasteiger partial charge on any atom is 0.170 e. The summed E-state index contributed by atoms with van der Waals surface area (Å²) in [6.07, 6.45) is 8.00. The molecule has 5 heteroatoms. The molecular weight excluding hydrogens is 304 g/mol. The summed E-state index contributed by atoms with van der Waals surface area (Å²) in [6, 6.07) is 9.88. The molecule has 118 valence electrons.